The third-order valence-corrected chi connectivity index (χ3v) is 4.43. The highest BCUT2D eigenvalue weighted by Crippen LogP contribution is 2.30. The van der Waals surface area contributed by atoms with Crippen LogP contribution in [0.5, 0.6) is 0 Å². The fraction of sp³-hybridized carbons (Fsp3) is 1.00. The Morgan fingerprint density at radius 1 is 1.06 bits per heavy atom. The topological polar surface area (TPSA) is 62.0 Å². The van der Waals surface area contributed by atoms with Crippen molar-refractivity contribution in [2.24, 2.45) is 11.1 Å². The summed E-state index contributed by atoms with van der Waals surface area (Å²) in [6.45, 7) is 9.02. The third kappa shape index (κ3) is 3.65. The van der Waals surface area contributed by atoms with Gasteiger partial charge in [0.2, 0.25) is 0 Å². The lowest BCUT2D eigenvalue weighted by Gasteiger charge is -2.43. The summed E-state index contributed by atoms with van der Waals surface area (Å²) in [6.07, 6.45) is 2.20. The molecule has 0 spiro atoms. The lowest BCUT2D eigenvalue weighted by atomic mass is 9.79. The molecule has 2 aliphatic rings. The molecule has 0 aromatic heterocycles. The molecule has 0 bridgehead atoms. The van der Waals surface area contributed by atoms with E-state index in [-0.39, 0.29) is 12.0 Å². The van der Waals surface area contributed by atoms with Crippen molar-refractivity contribution in [3.63, 3.8) is 0 Å². The van der Waals surface area contributed by atoms with Crippen LogP contribution in [0.25, 0.3) is 0 Å². The number of rotatable bonds is 5. The number of nitrogens with zero attached hydrogens (tertiary/aromatic N) is 2. The van der Waals surface area contributed by atoms with E-state index in [0.29, 0.717) is 0 Å². The van der Waals surface area contributed by atoms with E-state index in [9.17, 15) is 0 Å². The first kappa shape index (κ1) is 14.2. The highest BCUT2D eigenvalue weighted by atomic mass is 16.5. The van der Waals surface area contributed by atoms with Crippen LogP contribution >= 0.6 is 0 Å². The highest BCUT2D eigenvalue weighted by Gasteiger charge is 2.33. The van der Waals surface area contributed by atoms with Gasteiger partial charge in [-0.25, -0.2) is 0 Å². The summed E-state index contributed by atoms with van der Waals surface area (Å²) >= 11 is 0. The molecule has 2 saturated heterocycles. The Morgan fingerprint density at radius 2 is 1.67 bits per heavy atom. The average molecular weight is 257 g/mol. The second-order valence-electron chi connectivity index (χ2n) is 5.66. The second kappa shape index (κ2) is 6.82. The van der Waals surface area contributed by atoms with Crippen molar-refractivity contribution in [3.8, 4) is 0 Å². The maximum absolute atomic E-state index is 8.94. The molecule has 0 amide bonds. The fourth-order valence-corrected chi connectivity index (χ4v) is 3.02. The van der Waals surface area contributed by atoms with Crippen LogP contribution in [-0.4, -0.2) is 80.5 Å². The van der Waals surface area contributed by atoms with E-state index >= 15 is 0 Å². The fourth-order valence-electron chi connectivity index (χ4n) is 3.02. The van der Waals surface area contributed by atoms with Gasteiger partial charge in [-0.3, -0.25) is 4.90 Å². The minimum atomic E-state index is 0.268. The lowest BCUT2D eigenvalue weighted by Crippen LogP contribution is -2.53. The number of ether oxygens (including phenoxy) is 1. The number of β-amino-alcohol motifs (C(OH)–C–C–N with tert-alkyl or cyclic N) is 1. The highest BCUT2D eigenvalue weighted by molar-refractivity contribution is 4.87. The number of piperazine rings is 1. The molecule has 106 valence electrons. The Labute approximate surface area is 110 Å². The monoisotopic (exact) mass is 257 g/mol. The Hall–Kier alpha value is -0.200. The summed E-state index contributed by atoms with van der Waals surface area (Å²) in [6, 6.07) is 0. The van der Waals surface area contributed by atoms with Crippen molar-refractivity contribution in [2.75, 3.05) is 65.6 Å². The van der Waals surface area contributed by atoms with E-state index in [0.717, 1.165) is 71.9 Å². The van der Waals surface area contributed by atoms with Crippen LogP contribution in [0.2, 0.25) is 0 Å². The SMILES string of the molecule is NCC1(CN2CCN(CCO)CC2)CCOCC1. The first-order valence-electron chi connectivity index (χ1n) is 7.11. The van der Waals surface area contributed by atoms with Gasteiger partial charge in [-0.05, 0) is 24.8 Å². The molecule has 0 aliphatic carbocycles. The van der Waals surface area contributed by atoms with Crippen LogP contribution in [0.15, 0.2) is 0 Å². The van der Waals surface area contributed by atoms with E-state index < -0.39 is 0 Å². The Bertz CT molecular complexity index is 236. The molecule has 0 radical (unpaired) electrons. The summed E-state index contributed by atoms with van der Waals surface area (Å²) in [5, 5.41) is 8.94. The molecule has 2 heterocycles. The van der Waals surface area contributed by atoms with E-state index in [2.05, 4.69) is 9.80 Å². The van der Waals surface area contributed by atoms with Gasteiger partial charge in [0.15, 0.2) is 0 Å². The third-order valence-electron chi connectivity index (χ3n) is 4.43. The lowest BCUT2D eigenvalue weighted by molar-refractivity contribution is -0.00910. The number of hydrogen-bond acceptors (Lipinski definition) is 5. The van der Waals surface area contributed by atoms with Gasteiger partial charge in [0.05, 0.1) is 6.61 Å². The molecule has 3 N–H and O–H groups in total. The first-order chi connectivity index (χ1) is 8.78. The molecule has 0 saturated carbocycles. The molecular formula is C13H27N3O2. The molecule has 2 rings (SSSR count). The van der Waals surface area contributed by atoms with Gasteiger partial charge >= 0.3 is 0 Å². The maximum atomic E-state index is 8.94. The van der Waals surface area contributed by atoms with Crippen molar-refractivity contribution in [1.29, 1.82) is 0 Å². The number of nitrogens with two attached hydrogens (primary N) is 1. The van der Waals surface area contributed by atoms with Crippen LogP contribution < -0.4 is 5.73 Å². The van der Waals surface area contributed by atoms with Crippen LogP contribution in [-0.2, 0) is 4.74 Å². The summed E-state index contributed by atoms with van der Waals surface area (Å²) < 4.78 is 5.45. The van der Waals surface area contributed by atoms with Gasteiger partial charge in [0.25, 0.3) is 0 Å². The summed E-state index contributed by atoms with van der Waals surface area (Å²) in [4.78, 5) is 4.86. The molecule has 0 aromatic rings. The van der Waals surface area contributed by atoms with Crippen molar-refractivity contribution in [3.05, 3.63) is 0 Å². The molecular weight excluding hydrogens is 230 g/mol. The molecule has 2 aliphatic heterocycles. The molecule has 5 heteroatoms. The first-order valence-corrected chi connectivity index (χ1v) is 7.11. The standard InChI is InChI=1S/C13H27N3O2/c14-11-13(1-9-18-10-2-13)12-16-5-3-15(4-6-16)7-8-17/h17H,1-12,14H2. The number of aliphatic hydroxyl groups is 1. The van der Waals surface area contributed by atoms with Gasteiger partial charge in [-0.15, -0.1) is 0 Å². The molecule has 5 nitrogen and oxygen atoms in total. The van der Waals surface area contributed by atoms with Crippen LogP contribution in [0, 0.1) is 5.41 Å². The number of hydrogen-bond donors (Lipinski definition) is 2. The van der Waals surface area contributed by atoms with Gasteiger partial charge in [-0.2, -0.15) is 0 Å². The quantitative estimate of drug-likeness (QED) is 0.685. The molecule has 2 fully saturated rings. The number of aliphatic hydroxyl groups excluding tert-OH is 1. The summed E-state index contributed by atoms with van der Waals surface area (Å²) in [7, 11) is 0. The zero-order valence-electron chi connectivity index (χ0n) is 11.3. The van der Waals surface area contributed by atoms with E-state index in [1.54, 1.807) is 0 Å². The van der Waals surface area contributed by atoms with Crippen molar-refractivity contribution in [1.82, 2.24) is 9.80 Å². The second-order valence-corrected chi connectivity index (χ2v) is 5.66. The molecule has 18 heavy (non-hydrogen) atoms. The Morgan fingerprint density at radius 3 is 2.22 bits per heavy atom. The zero-order chi connectivity index (χ0) is 12.8. The largest absolute Gasteiger partial charge is 0.395 e. The smallest absolute Gasteiger partial charge is 0.0558 e. The van der Waals surface area contributed by atoms with Crippen LogP contribution in [0.1, 0.15) is 12.8 Å². The normalized spacial score (nSPS) is 26.3. The molecule has 0 unspecified atom stereocenters. The van der Waals surface area contributed by atoms with E-state index in [4.69, 9.17) is 15.6 Å². The Balaban J connectivity index is 1.79. The Kier molecular flexibility index (Phi) is 5.38. The van der Waals surface area contributed by atoms with Crippen LogP contribution in [0.4, 0.5) is 0 Å². The van der Waals surface area contributed by atoms with Gasteiger partial charge in [0.1, 0.15) is 0 Å². The predicted octanol–water partition coefficient (Wildman–Crippen LogP) is -0.648. The zero-order valence-corrected chi connectivity index (χ0v) is 11.3. The van der Waals surface area contributed by atoms with Crippen LogP contribution in [0.3, 0.4) is 0 Å². The van der Waals surface area contributed by atoms with E-state index in [1.165, 1.54) is 0 Å². The minimum Gasteiger partial charge on any atom is -0.395 e. The van der Waals surface area contributed by atoms with Gasteiger partial charge in [-0.1, -0.05) is 0 Å². The van der Waals surface area contributed by atoms with Crippen molar-refractivity contribution < 1.29 is 9.84 Å². The van der Waals surface area contributed by atoms with Gasteiger partial charge in [0, 0.05) is 52.5 Å². The predicted molar refractivity (Wildman–Crippen MR) is 71.5 cm³/mol. The maximum Gasteiger partial charge on any atom is 0.0558 e. The molecule has 0 aromatic carbocycles. The minimum absolute atomic E-state index is 0.268. The van der Waals surface area contributed by atoms with Gasteiger partial charge < -0.3 is 20.5 Å². The summed E-state index contributed by atoms with van der Waals surface area (Å²) in [5.41, 5.74) is 6.28. The van der Waals surface area contributed by atoms with Crippen molar-refractivity contribution in [2.45, 2.75) is 12.8 Å². The van der Waals surface area contributed by atoms with Crippen molar-refractivity contribution >= 4 is 0 Å². The van der Waals surface area contributed by atoms with E-state index in [1.807, 2.05) is 0 Å². The molecule has 0 atom stereocenters. The summed E-state index contributed by atoms with van der Waals surface area (Å²) in [5.74, 6) is 0. The average Bonchev–Trinajstić information content (AvgIpc) is 2.42.